The van der Waals surface area contributed by atoms with Crippen LogP contribution in [-0.4, -0.2) is 37.6 Å². The number of pyridine rings is 1. The van der Waals surface area contributed by atoms with Crippen LogP contribution in [0.4, 0.5) is 0 Å². The van der Waals surface area contributed by atoms with Crippen molar-refractivity contribution in [3.63, 3.8) is 0 Å². The fourth-order valence-electron chi connectivity index (χ4n) is 2.05. The van der Waals surface area contributed by atoms with Crippen LogP contribution in [0.2, 0.25) is 0 Å². The molecule has 0 saturated heterocycles. The van der Waals surface area contributed by atoms with Gasteiger partial charge >= 0.3 is 5.97 Å². The third-order valence-corrected chi connectivity index (χ3v) is 3.49. The lowest BCUT2D eigenvalue weighted by molar-refractivity contribution is -0.132. The lowest BCUT2D eigenvalue weighted by Crippen LogP contribution is -2.00. The number of aryl methyl sites for hydroxylation is 3. The Morgan fingerprint density at radius 3 is 2.17 bits per heavy atom. The average molecular weight is 402 g/mol. The number of carbonyl (C=O) groups is 1. The molecule has 2 rings (SSSR count). The van der Waals surface area contributed by atoms with E-state index in [1.807, 2.05) is 45.0 Å². The molecular weight excluding hydrogens is 370 g/mol. The van der Waals surface area contributed by atoms with Crippen molar-refractivity contribution >= 4 is 18.4 Å². The van der Waals surface area contributed by atoms with Gasteiger partial charge in [0.15, 0.2) is 6.21 Å². The molecule has 0 spiro atoms. The Bertz CT molecular complexity index is 769. The van der Waals surface area contributed by atoms with Gasteiger partial charge in [-0.3, -0.25) is 4.98 Å². The average Bonchev–Trinajstić information content (AvgIpc) is 2.73. The number of oxime groups is 2. The second-order valence-corrected chi connectivity index (χ2v) is 5.52. The van der Waals surface area contributed by atoms with Gasteiger partial charge in [-0.05, 0) is 49.6 Å². The molecule has 0 aliphatic heterocycles. The molecule has 1 aromatic heterocycles. The van der Waals surface area contributed by atoms with Crippen molar-refractivity contribution in [2.75, 3.05) is 14.2 Å². The molecule has 7 nitrogen and oxygen atoms in total. The van der Waals surface area contributed by atoms with Crippen molar-refractivity contribution in [2.45, 2.75) is 41.2 Å². The van der Waals surface area contributed by atoms with Crippen molar-refractivity contribution in [3.8, 4) is 0 Å². The summed E-state index contributed by atoms with van der Waals surface area (Å²) in [4.78, 5) is 24.0. The standard InChI is InChI=1S/C16H18N2O.C4H7NO3.C2H6/c1-12-6-4-7-13(2)16(12)11-19-17-10-15-9-5-8-14(3)18-15;1-7-4(6)3-5-8-2;1-2/h4-10H,11H2,1-3H3;3H,1-2H3;1-2H3/b17-10+;5-3+;. The molecule has 7 heteroatoms. The molecule has 0 amide bonds. The molecule has 1 aromatic carbocycles. The molecule has 0 unspecified atom stereocenters. The van der Waals surface area contributed by atoms with Crippen molar-refractivity contribution < 1.29 is 19.2 Å². The number of nitrogens with zero attached hydrogens (tertiary/aromatic N) is 3. The topological polar surface area (TPSA) is 82.4 Å². The third-order valence-electron chi connectivity index (χ3n) is 3.49. The summed E-state index contributed by atoms with van der Waals surface area (Å²) < 4.78 is 4.18. The zero-order chi connectivity index (χ0) is 22.1. The fraction of sp³-hybridized carbons (Fsp3) is 0.364. The van der Waals surface area contributed by atoms with Gasteiger partial charge in [0.1, 0.15) is 13.7 Å². The van der Waals surface area contributed by atoms with Crippen LogP contribution >= 0.6 is 0 Å². The van der Waals surface area contributed by atoms with E-state index in [1.165, 1.54) is 30.9 Å². The van der Waals surface area contributed by atoms with E-state index in [0.29, 0.717) is 6.61 Å². The van der Waals surface area contributed by atoms with Gasteiger partial charge in [0.05, 0.1) is 19.0 Å². The fourth-order valence-corrected chi connectivity index (χ4v) is 2.05. The third kappa shape index (κ3) is 11.3. The molecule has 158 valence electrons. The van der Waals surface area contributed by atoms with Crippen LogP contribution in [0, 0.1) is 20.8 Å². The number of hydrogen-bond acceptors (Lipinski definition) is 7. The molecule has 0 atom stereocenters. The van der Waals surface area contributed by atoms with E-state index in [-0.39, 0.29) is 0 Å². The Kier molecular flexibility index (Phi) is 14.0. The number of esters is 1. The normalized spacial score (nSPS) is 9.90. The van der Waals surface area contributed by atoms with Gasteiger partial charge in [0.2, 0.25) is 0 Å². The first-order valence-corrected chi connectivity index (χ1v) is 9.26. The number of hydrogen-bond donors (Lipinski definition) is 0. The van der Waals surface area contributed by atoms with Crippen LogP contribution in [0.1, 0.15) is 41.9 Å². The summed E-state index contributed by atoms with van der Waals surface area (Å²) in [5.41, 5.74) is 5.42. The van der Waals surface area contributed by atoms with E-state index in [2.05, 4.69) is 50.9 Å². The highest BCUT2D eigenvalue weighted by molar-refractivity contribution is 6.22. The van der Waals surface area contributed by atoms with Crippen molar-refractivity contribution in [3.05, 3.63) is 64.5 Å². The first kappa shape index (κ1) is 25.8. The molecule has 0 fully saturated rings. The summed E-state index contributed by atoms with van der Waals surface area (Å²) >= 11 is 0. The van der Waals surface area contributed by atoms with Crippen LogP contribution in [0.5, 0.6) is 0 Å². The first-order valence-electron chi connectivity index (χ1n) is 9.26. The Balaban J connectivity index is 0.000000664. The zero-order valence-electron chi connectivity index (χ0n) is 18.3. The highest BCUT2D eigenvalue weighted by Gasteiger charge is 2.01. The van der Waals surface area contributed by atoms with E-state index < -0.39 is 5.97 Å². The van der Waals surface area contributed by atoms with Crippen LogP contribution in [0.15, 0.2) is 46.7 Å². The maximum Gasteiger partial charge on any atom is 0.352 e. The van der Waals surface area contributed by atoms with Gasteiger partial charge in [0, 0.05) is 5.69 Å². The second-order valence-electron chi connectivity index (χ2n) is 5.52. The quantitative estimate of drug-likeness (QED) is 0.408. The Hall–Kier alpha value is -3.22. The Morgan fingerprint density at radius 2 is 1.62 bits per heavy atom. The predicted molar refractivity (Wildman–Crippen MR) is 116 cm³/mol. The lowest BCUT2D eigenvalue weighted by Gasteiger charge is -2.07. The maximum absolute atomic E-state index is 10.1. The van der Waals surface area contributed by atoms with Crippen LogP contribution in [0.3, 0.4) is 0 Å². The van der Waals surface area contributed by atoms with E-state index in [9.17, 15) is 4.79 Å². The minimum Gasteiger partial charge on any atom is -0.465 e. The summed E-state index contributed by atoms with van der Waals surface area (Å²) in [6.07, 6.45) is 2.58. The van der Waals surface area contributed by atoms with E-state index in [0.717, 1.165) is 17.6 Å². The van der Waals surface area contributed by atoms with E-state index in [4.69, 9.17) is 4.84 Å². The largest absolute Gasteiger partial charge is 0.465 e. The Morgan fingerprint density at radius 1 is 1.00 bits per heavy atom. The molecule has 0 N–H and O–H groups in total. The van der Waals surface area contributed by atoms with Gasteiger partial charge in [-0.2, -0.15) is 0 Å². The van der Waals surface area contributed by atoms with Gasteiger partial charge < -0.3 is 14.4 Å². The van der Waals surface area contributed by atoms with Gasteiger partial charge in [-0.1, -0.05) is 48.4 Å². The Labute approximate surface area is 173 Å². The number of carbonyl (C=O) groups excluding carboxylic acids is 1. The molecule has 0 aliphatic carbocycles. The number of aromatic nitrogens is 1. The number of benzene rings is 1. The van der Waals surface area contributed by atoms with E-state index >= 15 is 0 Å². The minimum absolute atomic E-state index is 0.487. The summed E-state index contributed by atoms with van der Waals surface area (Å²) in [6, 6.07) is 12.0. The van der Waals surface area contributed by atoms with Crippen molar-refractivity contribution in [1.29, 1.82) is 0 Å². The molecule has 1 heterocycles. The highest BCUT2D eigenvalue weighted by Crippen LogP contribution is 2.14. The van der Waals surface area contributed by atoms with Crippen LogP contribution < -0.4 is 0 Å². The number of methoxy groups -OCH3 is 1. The monoisotopic (exact) mass is 401 g/mol. The molecule has 2 aromatic rings. The maximum atomic E-state index is 10.1. The molecule has 0 saturated carbocycles. The van der Waals surface area contributed by atoms with Gasteiger partial charge in [0.25, 0.3) is 0 Å². The predicted octanol–water partition coefficient (Wildman–Crippen LogP) is 4.38. The molecule has 29 heavy (non-hydrogen) atoms. The summed E-state index contributed by atoms with van der Waals surface area (Å²) in [5.74, 6) is -0.521. The molecule has 0 radical (unpaired) electrons. The summed E-state index contributed by atoms with van der Waals surface area (Å²) in [5, 5.41) is 7.12. The smallest absolute Gasteiger partial charge is 0.352 e. The number of ether oxygens (including phenoxy) is 1. The van der Waals surface area contributed by atoms with Crippen molar-refractivity contribution in [2.24, 2.45) is 10.3 Å². The molecular formula is C22H31N3O4. The molecule has 0 aliphatic rings. The SMILES string of the molecule is CC.CO/N=C/C(=O)OC.Cc1cccc(/C=N/OCc2c(C)cccc2C)n1. The first-order chi connectivity index (χ1) is 14.0. The second kappa shape index (κ2) is 15.8. The zero-order valence-corrected chi connectivity index (χ0v) is 18.3. The number of rotatable bonds is 6. The summed E-state index contributed by atoms with van der Waals surface area (Å²) in [6.45, 7) is 10.6. The van der Waals surface area contributed by atoms with Crippen LogP contribution in [-0.2, 0) is 25.8 Å². The van der Waals surface area contributed by atoms with Gasteiger partial charge in [-0.25, -0.2) is 4.79 Å². The van der Waals surface area contributed by atoms with E-state index in [1.54, 1.807) is 6.21 Å². The lowest BCUT2D eigenvalue weighted by atomic mass is 10.0. The van der Waals surface area contributed by atoms with Crippen molar-refractivity contribution in [1.82, 2.24) is 4.98 Å². The van der Waals surface area contributed by atoms with Gasteiger partial charge in [-0.15, -0.1) is 0 Å². The van der Waals surface area contributed by atoms with Crippen LogP contribution in [0.25, 0.3) is 0 Å². The summed E-state index contributed by atoms with van der Waals surface area (Å²) in [7, 11) is 2.61. The molecule has 0 bridgehead atoms. The highest BCUT2D eigenvalue weighted by atomic mass is 16.6. The minimum atomic E-state index is -0.521.